The molecule has 1 fully saturated rings. The minimum Gasteiger partial charge on any atom is -0.393 e. The highest BCUT2D eigenvalue weighted by atomic mass is 19.3. The van der Waals surface area contributed by atoms with Crippen molar-refractivity contribution in [3.8, 4) is 0 Å². The van der Waals surface area contributed by atoms with Crippen LogP contribution < -0.4 is 11.4 Å². The SMILES string of the molecule is Nc1ccn(C2OC(CO)(C(F)F)C(O)C2(F)F)c(=O)n1. The van der Waals surface area contributed by atoms with Crippen LogP contribution in [0.5, 0.6) is 0 Å². The molecule has 0 saturated carbocycles. The number of nitrogens with two attached hydrogens (primary N) is 1. The summed E-state index contributed by atoms with van der Waals surface area (Å²) in [6.45, 7) is -1.56. The average Bonchev–Trinajstić information content (AvgIpc) is 2.60. The summed E-state index contributed by atoms with van der Waals surface area (Å²) >= 11 is 0. The second-order valence-corrected chi connectivity index (χ2v) is 4.50. The van der Waals surface area contributed by atoms with Gasteiger partial charge in [-0.1, -0.05) is 0 Å². The molecule has 1 aliphatic rings. The average molecular weight is 313 g/mol. The highest BCUT2D eigenvalue weighted by molar-refractivity contribution is 5.24. The van der Waals surface area contributed by atoms with E-state index in [1.807, 2.05) is 0 Å². The van der Waals surface area contributed by atoms with Crippen LogP contribution in [-0.2, 0) is 4.74 Å². The van der Waals surface area contributed by atoms with Gasteiger partial charge >= 0.3 is 11.6 Å². The largest absolute Gasteiger partial charge is 0.393 e. The molecule has 7 nitrogen and oxygen atoms in total. The Morgan fingerprint density at radius 3 is 2.57 bits per heavy atom. The van der Waals surface area contributed by atoms with E-state index in [-0.39, 0.29) is 10.4 Å². The van der Waals surface area contributed by atoms with Crippen LogP contribution in [0, 0.1) is 0 Å². The molecule has 1 saturated heterocycles. The van der Waals surface area contributed by atoms with Crippen molar-refractivity contribution in [2.45, 2.75) is 30.3 Å². The van der Waals surface area contributed by atoms with E-state index in [2.05, 4.69) is 9.72 Å². The first-order valence-corrected chi connectivity index (χ1v) is 5.64. The van der Waals surface area contributed by atoms with Gasteiger partial charge < -0.3 is 20.7 Å². The van der Waals surface area contributed by atoms with Crippen LogP contribution in [-0.4, -0.2) is 50.4 Å². The van der Waals surface area contributed by atoms with Crippen LogP contribution in [0.15, 0.2) is 17.1 Å². The molecule has 0 bridgehead atoms. The number of ether oxygens (including phenoxy) is 1. The van der Waals surface area contributed by atoms with Gasteiger partial charge in [-0.25, -0.2) is 13.6 Å². The zero-order valence-electron chi connectivity index (χ0n) is 10.3. The highest BCUT2D eigenvalue weighted by Gasteiger charge is 2.70. The van der Waals surface area contributed by atoms with Gasteiger partial charge in [-0.2, -0.15) is 13.8 Å². The summed E-state index contributed by atoms with van der Waals surface area (Å²) in [5, 5.41) is 18.4. The second-order valence-electron chi connectivity index (χ2n) is 4.50. The zero-order chi connectivity index (χ0) is 16.0. The molecule has 0 radical (unpaired) electrons. The number of rotatable bonds is 3. The molecule has 4 N–H and O–H groups in total. The molecule has 1 aromatic heterocycles. The van der Waals surface area contributed by atoms with Crippen molar-refractivity contribution in [1.82, 2.24) is 9.55 Å². The van der Waals surface area contributed by atoms with Crippen molar-refractivity contribution >= 4 is 5.82 Å². The maximum Gasteiger partial charge on any atom is 0.351 e. The zero-order valence-corrected chi connectivity index (χ0v) is 10.3. The smallest absolute Gasteiger partial charge is 0.351 e. The van der Waals surface area contributed by atoms with Gasteiger partial charge in [0.15, 0.2) is 11.7 Å². The van der Waals surface area contributed by atoms with Crippen LogP contribution in [0.4, 0.5) is 23.4 Å². The third kappa shape index (κ3) is 2.17. The Morgan fingerprint density at radius 1 is 1.52 bits per heavy atom. The highest BCUT2D eigenvalue weighted by Crippen LogP contribution is 2.49. The van der Waals surface area contributed by atoms with Gasteiger partial charge in [0.1, 0.15) is 5.82 Å². The number of aromatic nitrogens is 2. The van der Waals surface area contributed by atoms with Crippen molar-refractivity contribution in [2.24, 2.45) is 0 Å². The Kier molecular flexibility index (Phi) is 3.68. The fraction of sp³-hybridized carbons (Fsp3) is 0.600. The number of nitrogens with zero attached hydrogens (tertiary/aromatic N) is 2. The molecule has 3 atom stereocenters. The summed E-state index contributed by atoms with van der Waals surface area (Å²) < 4.78 is 58.5. The Hall–Kier alpha value is -1.72. The fourth-order valence-corrected chi connectivity index (χ4v) is 2.02. The maximum atomic E-state index is 14.0. The molecule has 1 aromatic rings. The number of aliphatic hydroxyl groups excluding tert-OH is 2. The van der Waals surface area contributed by atoms with E-state index in [0.29, 0.717) is 0 Å². The number of aliphatic hydroxyl groups is 2. The molecule has 2 heterocycles. The number of hydrogen-bond donors (Lipinski definition) is 3. The van der Waals surface area contributed by atoms with Crippen molar-refractivity contribution in [3.63, 3.8) is 0 Å². The first-order valence-electron chi connectivity index (χ1n) is 5.64. The maximum absolute atomic E-state index is 14.0. The second kappa shape index (κ2) is 4.93. The van der Waals surface area contributed by atoms with E-state index in [9.17, 15) is 27.5 Å². The first-order chi connectivity index (χ1) is 9.66. The summed E-state index contributed by atoms with van der Waals surface area (Å²) in [7, 11) is 0. The topological polar surface area (TPSA) is 111 Å². The van der Waals surface area contributed by atoms with Gasteiger partial charge in [0.2, 0.25) is 6.23 Å². The summed E-state index contributed by atoms with van der Waals surface area (Å²) in [6.07, 6.45) is -8.39. The van der Waals surface area contributed by atoms with E-state index in [1.165, 1.54) is 0 Å². The number of anilines is 1. The van der Waals surface area contributed by atoms with Gasteiger partial charge in [0, 0.05) is 6.20 Å². The molecule has 0 aliphatic carbocycles. The molecule has 11 heteroatoms. The number of nitrogen functional groups attached to an aromatic ring is 1. The minimum absolute atomic E-state index is 0.222. The lowest BCUT2D eigenvalue weighted by Gasteiger charge is -2.28. The van der Waals surface area contributed by atoms with Crippen LogP contribution in [0.25, 0.3) is 0 Å². The van der Waals surface area contributed by atoms with E-state index in [0.717, 1.165) is 12.3 Å². The molecule has 0 amide bonds. The summed E-state index contributed by atoms with van der Waals surface area (Å²) in [4.78, 5) is 14.7. The molecular formula is C10H11F4N3O4. The summed E-state index contributed by atoms with van der Waals surface area (Å²) in [5.74, 6) is -4.51. The Labute approximate surface area is 114 Å². The Bertz CT molecular complexity index is 596. The third-order valence-corrected chi connectivity index (χ3v) is 3.21. The van der Waals surface area contributed by atoms with Crippen LogP contribution in [0.2, 0.25) is 0 Å². The Morgan fingerprint density at radius 2 is 2.14 bits per heavy atom. The monoisotopic (exact) mass is 313 g/mol. The van der Waals surface area contributed by atoms with Crippen LogP contribution in [0.1, 0.15) is 6.23 Å². The van der Waals surface area contributed by atoms with Gasteiger partial charge in [-0.05, 0) is 6.07 Å². The predicted octanol–water partition coefficient (Wildman–Crippen LogP) is -0.653. The molecule has 2 rings (SSSR count). The lowest BCUT2D eigenvalue weighted by Crippen LogP contribution is -2.53. The normalized spacial score (nSPS) is 31.8. The van der Waals surface area contributed by atoms with E-state index < -0.39 is 42.6 Å². The molecule has 1 aliphatic heterocycles. The quantitative estimate of drug-likeness (QED) is 0.639. The molecular weight excluding hydrogens is 302 g/mol. The lowest BCUT2D eigenvalue weighted by molar-refractivity contribution is -0.196. The van der Waals surface area contributed by atoms with E-state index >= 15 is 0 Å². The molecule has 0 spiro atoms. The standard InChI is InChI=1S/C10H11F4N3O4/c11-6(12)9(3-18)5(19)10(13,14)7(21-9)17-2-1-4(15)16-8(17)20/h1-2,5-7,18-19H,3H2,(H2,15,16,20). The van der Waals surface area contributed by atoms with E-state index in [4.69, 9.17) is 10.8 Å². The molecule has 21 heavy (non-hydrogen) atoms. The van der Waals surface area contributed by atoms with Crippen LogP contribution in [0.3, 0.4) is 0 Å². The first kappa shape index (κ1) is 15.7. The minimum atomic E-state index is -4.25. The lowest BCUT2D eigenvalue weighted by atomic mass is 9.96. The number of alkyl halides is 4. The molecule has 3 unspecified atom stereocenters. The summed E-state index contributed by atoms with van der Waals surface area (Å²) in [6, 6.07) is 0.981. The van der Waals surface area contributed by atoms with Crippen molar-refractivity contribution < 1.29 is 32.5 Å². The Balaban J connectivity index is 2.53. The van der Waals surface area contributed by atoms with Crippen molar-refractivity contribution in [3.05, 3.63) is 22.7 Å². The number of hydrogen-bond acceptors (Lipinski definition) is 6. The number of halogens is 4. The van der Waals surface area contributed by atoms with Gasteiger partial charge in [0.25, 0.3) is 6.43 Å². The molecule has 118 valence electrons. The fourth-order valence-electron chi connectivity index (χ4n) is 2.02. The molecule has 0 aromatic carbocycles. The van der Waals surface area contributed by atoms with Gasteiger partial charge in [0.05, 0.1) is 6.61 Å². The summed E-state index contributed by atoms with van der Waals surface area (Å²) in [5.41, 5.74) is 0.719. The third-order valence-electron chi connectivity index (χ3n) is 3.21. The predicted molar refractivity (Wildman–Crippen MR) is 59.8 cm³/mol. The van der Waals surface area contributed by atoms with Gasteiger partial charge in [-0.3, -0.25) is 4.57 Å². The van der Waals surface area contributed by atoms with Crippen LogP contribution >= 0.6 is 0 Å². The van der Waals surface area contributed by atoms with Crippen molar-refractivity contribution in [2.75, 3.05) is 12.3 Å². The van der Waals surface area contributed by atoms with E-state index in [1.54, 1.807) is 0 Å². The van der Waals surface area contributed by atoms with Gasteiger partial charge in [-0.15, -0.1) is 0 Å². The van der Waals surface area contributed by atoms with Crippen molar-refractivity contribution in [1.29, 1.82) is 0 Å².